The van der Waals surface area contributed by atoms with Crippen molar-refractivity contribution >= 4 is 5.91 Å². The van der Waals surface area contributed by atoms with Gasteiger partial charge in [-0.2, -0.15) is 0 Å². The maximum absolute atomic E-state index is 12.9. The lowest BCUT2D eigenvalue weighted by Gasteiger charge is -2.19. The molecular formula is C22H24N2O4. The number of aromatic nitrogens is 1. The number of carbonyl (C=O) groups excluding carboxylic acids is 1. The summed E-state index contributed by atoms with van der Waals surface area (Å²) in [5, 5.41) is 0. The molecule has 0 fully saturated rings. The van der Waals surface area contributed by atoms with Crippen LogP contribution in [0.5, 0.6) is 11.5 Å². The van der Waals surface area contributed by atoms with E-state index >= 15 is 0 Å². The first-order valence-corrected chi connectivity index (χ1v) is 9.19. The van der Waals surface area contributed by atoms with E-state index in [4.69, 9.17) is 13.9 Å². The van der Waals surface area contributed by atoms with Crippen LogP contribution in [0.4, 0.5) is 0 Å². The van der Waals surface area contributed by atoms with Gasteiger partial charge >= 0.3 is 0 Å². The summed E-state index contributed by atoms with van der Waals surface area (Å²) in [6, 6.07) is 12.8. The van der Waals surface area contributed by atoms with Crippen molar-refractivity contribution in [2.24, 2.45) is 0 Å². The predicted molar refractivity (Wildman–Crippen MR) is 108 cm³/mol. The summed E-state index contributed by atoms with van der Waals surface area (Å²) in [7, 11) is 3.19. The molecule has 0 aliphatic heterocycles. The SMILES string of the molecule is CCN(CC)C(=O)c1ccccc1-c1ncc(-c2ccc(OC)cc2OC)o1. The number of ether oxygens (including phenoxy) is 2. The summed E-state index contributed by atoms with van der Waals surface area (Å²) in [4.78, 5) is 19.1. The van der Waals surface area contributed by atoms with Crippen molar-refractivity contribution in [2.45, 2.75) is 13.8 Å². The Morgan fingerprint density at radius 2 is 1.79 bits per heavy atom. The van der Waals surface area contributed by atoms with Gasteiger partial charge in [0, 0.05) is 24.7 Å². The van der Waals surface area contributed by atoms with Gasteiger partial charge in [0.1, 0.15) is 11.5 Å². The maximum Gasteiger partial charge on any atom is 0.254 e. The molecule has 0 bridgehead atoms. The zero-order valence-electron chi connectivity index (χ0n) is 16.6. The molecule has 28 heavy (non-hydrogen) atoms. The third-order valence-corrected chi connectivity index (χ3v) is 4.62. The summed E-state index contributed by atoms with van der Waals surface area (Å²) < 4.78 is 16.7. The molecule has 3 aromatic rings. The van der Waals surface area contributed by atoms with Crippen molar-refractivity contribution in [2.75, 3.05) is 27.3 Å². The minimum atomic E-state index is -0.0395. The summed E-state index contributed by atoms with van der Waals surface area (Å²) >= 11 is 0. The van der Waals surface area contributed by atoms with Crippen molar-refractivity contribution in [1.82, 2.24) is 9.88 Å². The average Bonchev–Trinajstić information content (AvgIpc) is 3.23. The van der Waals surface area contributed by atoms with E-state index in [1.54, 1.807) is 37.4 Å². The smallest absolute Gasteiger partial charge is 0.254 e. The summed E-state index contributed by atoms with van der Waals surface area (Å²) in [6.07, 6.45) is 1.64. The van der Waals surface area contributed by atoms with E-state index in [-0.39, 0.29) is 5.91 Å². The second-order valence-corrected chi connectivity index (χ2v) is 6.12. The number of benzene rings is 2. The third-order valence-electron chi connectivity index (χ3n) is 4.62. The number of carbonyl (C=O) groups is 1. The normalized spacial score (nSPS) is 10.6. The first kappa shape index (κ1) is 19.5. The fourth-order valence-corrected chi connectivity index (χ4v) is 3.06. The number of amides is 1. The fraction of sp³-hybridized carbons (Fsp3) is 0.273. The Bertz CT molecular complexity index is 961. The summed E-state index contributed by atoms with van der Waals surface area (Å²) in [6.45, 7) is 5.21. The van der Waals surface area contributed by atoms with E-state index in [2.05, 4.69) is 4.98 Å². The molecule has 0 radical (unpaired) electrons. The van der Waals surface area contributed by atoms with E-state index in [0.717, 1.165) is 5.56 Å². The predicted octanol–water partition coefficient (Wildman–Crippen LogP) is 4.51. The van der Waals surface area contributed by atoms with Gasteiger partial charge in [0.05, 0.1) is 31.5 Å². The highest BCUT2D eigenvalue weighted by molar-refractivity contribution is 6.00. The number of rotatable bonds is 7. The van der Waals surface area contributed by atoms with Crippen LogP contribution < -0.4 is 9.47 Å². The number of hydrogen-bond acceptors (Lipinski definition) is 5. The molecule has 0 saturated carbocycles. The van der Waals surface area contributed by atoms with E-state index in [1.165, 1.54) is 0 Å². The van der Waals surface area contributed by atoms with Crippen LogP contribution in [0, 0.1) is 0 Å². The van der Waals surface area contributed by atoms with Crippen LogP contribution in [0.15, 0.2) is 53.1 Å². The topological polar surface area (TPSA) is 64.8 Å². The summed E-state index contributed by atoms with van der Waals surface area (Å²) in [5.41, 5.74) is 1.99. The van der Waals surface area contributed by atoms with Crippen molar-refractivity contribution in [3.05, 3.63) is 54.2 Å². The highest BCUT2D eigenvalue weighted by Crippen LogP contribution is 2.35. The molecule has 1 aromatic heterocycles. The highest BCUT2D eigenvalue weighted by Gasteiger charge is 2.21. The van der Waals surface area contributed by atoms with Gasteiger partial charge in [0.2, 0.25) is 5.89 Å². The van der Waals surface area contributed by atoms with Crippen LogP contribution >= 0.6 is 0 Å². The Balaban J connectivity index is 2.01. The molecule has 6 nitrogen and oxygen atoms in total. The lowest BCUT2D eigenvalue weighted by Crippen LogP contribution is -2.30. The first-order valence-electron chi connectivity index (χ1n) is 9.19. The van der Waals surface area contributed by atoms with Crippen LogP contribution in [-0.4, -0.2) is 43.1 Å². The molecule has 0 spiro atoms. The highest BCUT2D eigenvalue weighted by atomic mass is 16.5. The minimum Gasteiger partial charge on any atom is -0.497 e. The van der Waals surface area contributed by atoms with Crippen LogP contribution in [0.3, 0.4) is 0 Å². The molecule has 0 aliphatic rings. The average molecular weight is 380 g/mol. The molecule has 0 aliphatic carbocycles. The molecule has 1 amide bonds. The van der Waals surface area contributed by atoms with Crippen LogP contribution in [0.2, 0.25) is 0 Å². The number of nitrogens with zero attached hydrogens (tertiary/aromatic N) is 2. The molecule has 0 saturated heterocycles. The molecule has 6 heteroatoms. The van der Waals surface area contributed by atoms with Crippen molar-refractivity contribution in [1.29, 1.82) is 0 Å². The van der Waals surface area contributed by atoms with Gasteiger partial charge in [0.15, 0.2) is 5.76 Å². The second kappa shape index (κ2) is 8.61. The van der Waals surface area contributed by atoms with E-state index in [9.17, 15) is 4.79 Å². The largest absolute Gasteiger partial charge is 0.497 e. The standard InChI is InChI=1S/C22H24N2O4/c1-5-24(6-2)22(25)17-10-8-7-9-16(17)21-23-14-20(28-21)18-12-11-15(26-3)13-19(18)27-4/h7-14H,5-6H2,1-4H3. The molecule has 2 aromatic carbocycles. The van der Waals surface area contributed by atoms with Crippen molar-refractivity contribution in [3.8, 4) is 34.3 Å². The van der Waals surface area contributed by atoms with Gasteiger partial charge < -0.3 is 18.8 Å². The van der Waals surface area contributed by atoms with Gasteiger partial charge in [-0.1, -0.05) is 12.1 Å². The second-order valence-electron chi connectivity index (χ2n) is 6.12. The number of methoxy groups -OCH3 is 2. The molecule has 3 rings (SSSR count). The van der Waals surface area contributed by atoms with E-state index in [1.807, 2.05) is 44.2 Å². The van der Waals surface area contributed by atoms with Gasteiger partial charge in [-0.05, 0) is 38.1 Å². The minimum absolute atomic E-state index is 0.0395. The third kappa shape index (κ3) is 3.71. The number of hydrogen-bond donors (Lipinski definition) is 0. The van der Waals surface area contributed by atoms with Crippen molar-refractivity contribution < 1.29 is 18.7 Å². The zero-order chi connectivity index (χ0) is 20.1. The molecule has 146 valence electrons. The van der Waals surface area contributed by atoms with E-state index < -0.39 is 0 Å². The van der Waals surface area contributed by atoms with Gasteiger partial charge in [0.25, 0.3) is 5.91 Å². The van der Waals surface area contributed by atoms with Crippen LogP contribution in [0.1, 0.15) is 24.2 Å². The summed E-state index contributed by atoms with van der Waals surface area (Å²) in [5.74, 6) is 2.22. The molecular weight excluding hydrogens is 356 g/mol. The lowest BCUT2D eigenvalue weighted by molar-refractivity contribution is 0.0773. The molecule has 1 heterocycles. The Morgan fingerprint density at radius 3 is 2.46 bits per heavy atom. The Hall–Kier alpha value is -3.28. The molecule has 0 unspecified atom stereocenters. The van der Waals surface area contributed by atoms with E-state index in [0.29, 0.717) is 47.4 Å². The van der Waals surface area contributed by atoms with Gasteiger partial charge in [-0.15, -0.1) is 0 Å². The fourth-order valence-electron chi connectivity index (χ4n) is 3.06. The van der Waals surface area contributed by atoms with Crippen LogP contribution in [0.25, 0.3) is 22.8 Å². The quantitative estimate of drug-likeness (QED) is 0.603. The van der Waals surface area contributed by atoms with Crippen LogP contribution in [-0.2, 0) is 0 Å². The Morgan fingerprint density at radius 1 is 1.04 bits per heavy atom. The first-order chi connectivity index (χ1) is 13.6. The Kier molecular flexibility index (Phi) is 5.99. The zero-order valence-corrected chi connectivity index (χ0v) is 16.6. The molecule has 0 atom stereocenters. The lowest BCUT2D eigenvalue weighted by atomic mass is 10.1. The van der Waals surface area contributed by atoms with Crippen molar-refractivity contribution in [3.63, 3.8) is 0 Å². The Labute approximate surface area is 164 Å². The van der Waals surface area contributed by atoms with Gasteiger partial charge in [-0.3, -0.25) is 4.79 Å². The number of oxazole rings is 1. The maximum atomic E-state index is 12.9. The monoisotopic (exact) mass is 380 g/mol. The molecule has 0 N–H and O–H groups in total. The van der Waals surface area contributed by atoms with Gasteiger partial charge in [-0.25, -0.2) is 4.98 Å².